The first-order valence-corrected chi connectivity index (χ1v) is 8.87. The molecule has 4 rings (SSSR count). The summed E-state index contributed by atoms with van der Waals surface area (Å²) in [5.74, 6) is -0.384. The van der Waals surface area contributed by atoms with Gasteiger partial charge in [-0.15, -0.1) is 0 Å². The molecular formula is C21H14BrFN2O. The summed E-state index contributed by atoms with van der Waals surface area (Å²) in [6, 6.07) is 16.5. The molecule has 0 N–H and O–H groups in total. The number of imidazole rings is 1. The lowest BCUT2D eigenvalue weighted by atomic mass is 10.0. The number of carbonyl (C=O) groups excluding carboxylic acids is 1. The van der Waals surface area contributed by atoms with Crippen molar-refractivity contribution in [3.8, 4) is 22.4 Å². The summed E-state index contributed by atoms with van der Waals surface area (Å²) in [4.78, 5) is 16.6. The van der Waals surface area contributed by atoms with Crippen LogP contribution in [0.1, 0.15) is 17.3 Å². The maximum atomic E-state index is 14.4. The van der Waals surface area contributed by atoms with Crippen molar-refractivity contribution in [2.75, 3.05) is 0 Å². The van der Waals surface area contributed by atoms with Crippen molar-refractivity contribution in [2.24, 2.45) is 0 Å². The van der Waals surface area contributed by atoms with Gasteiger partial charge in [-0.05, 0) is 36.8 Å². The first-order valence-electron chi connectivity index (χ1n) is 8.07. The Labute approximate surface area is 158 Å². The molecule has 2 aromatic heterocycles. The largest absolute Gasteiger partial charge is 0.305 e. The van der Waals surface area contributed by atoms with Crippen LogP contribution >= 0.6 is 15.9 Å². The topological polar surface area (TPSA) is 34.4 Å². The lowest BCUT2D eigenvalue weighted by Crippen LogP contribution is -1.97. The van der Waals surface area contributed by atoms with Gasteiger partial charge in [0.2, 0.25) is 0 Å². The molecule has 4 aromatic rings. The van der Waals surface area contributed by atoms with Crippen molar-refractivity contribution in [1.29, 1.82) is 0 Å². The van der Waals surface area contributed by atoms with Crippen LogP contribution in [0.3, 0.4) is 0 Å². The minimum Gasteiger partial charge on any atom is -0.305 e. The first-order chi connectivity index (χ1) is 12.5. The molecule has 26 heavy (non-hydrogen) atoms. The van der Waals surface area contributed by atoms with Crippen LogP contribution in [0.5, 0.6) is 0 Å². The van der Waals surface area contributed by atoms with Crippen LogP contribution in [0.4, 0.5) is 4.39 Å². The minimum absolute atomic E-state index is 0.0332. The second-order valence-electron chi connectivity index (χ2n) is 6.05. The van der Waals surface area contributed by atoms with Gasteiger partial charge in [0.05, 0.1) is 5.69 Å². The van der Waals surface area contributed by atoms with E-state index in [9.17, 15) is 9.18 Å². The smallest absolute Gasteiger partial charge is 0.161 e. The number of nitrogens with zero attached hydrogens (tertiary/aromatic N) is 2. The molecule has 0 aliphatic carbocycles. The average Bonchev–Trinajstić information content (AvgIpc) is 3.05. The first kappa shape index (κ1) is 16.7. The van der Waals surface area contributed by atoms with E-state index in [1.807, 2.05) is 36.4 Å². The maximum Gasteiger partial charge on any atom is 0.161 e. The van der Waals surface area contributed by atoms with Gasteiger partial charge < -0.3 is 4.40 Å². The molecule has 3 nitrogen and oxygen atoms in total. The van der Waals surface area contributed by atoms with Gasteiger partial charge in [0.25, 0.3) is 0 Å². The monoisotopic (exact) mass is 408 g/mol. The number of fused-ring (bicyclic) bond motifs is 1. The summed E-state index contributed by atoms with van der Waals surface area (Å²) in [5, 5.41) is 0. The van der Waals surface area contributed by atoms with Crippen LogP contribution in [0, 0.1) is 5.82 Å². The van der Waals surface area contributed by atoms with Gasteiger partial charge in [0, 0.05) is 33.6 Å². The third-order valence-corrected chi connectivity index (χ3v) is 4.74. The molecule has 0 fully saturated rings. The molecule has 0 radical (unpaired) electrons. The molecule has 0 saturated heterocycles. The second-order valence-corrected chi connectivity index (χ2v) is 6.96. The van der Waals surface area contributed by atoms with Crippen LogP contribution in [0.15, 0.2) is 71.5 Å². The summed E-state index contributed by atoms with van der Waals surface area (Å²) in [6.45, 7) is 1.53. The zero-order valence-electron chi connectivity index (χ0n) is 13.9. The Hall–Kier alpha value is -2.79. The highest BCUT2D eigenvalue weighted by Gasteiger charge is 2.15. The Morgan fingerprint density at radius 3 is 2.50 bits per heavy atom. The van der Waals surface area contributed by atoms with Crippen LogP contribution in [0.2, 0.25) is 0 Å². The average molecular weight is 409 g/mol. The van der Waals surface area contributed by atoms with E-state index < -0.39 is 0 Å². The van der Waals surface area contributed by atoms with Crippen molar-refractivity contribution >= 4 is 27.4 Å². The molecule has 2 aromatic carbocycles. The number of rotatable bonds is 3. The number of carbonyl (C=O) groups is 1. The molecule has 0 amide bonds. The second kappa shape index (κ2) is 6.50. The van der Waals surface area contributed by atoms with E-state index in [0.29, 0.717) is 26.9 Å². The number of hydrogen-bond acceptors (Lipinski definition) is 2. The van der Waals surface area contributed by atoms with Crippen molar-refractivity contribution < 1.29 is 9.18 Å². The molecule has 0 bridgehead atoms. The fourth-order valence-corrected chi connectivity index (χ4v) is 3.28. The summed E-state index contributed by atoms with van der Waals surface area (Å²) >= 11 is 3.27. The third-order valence-electron chi connectivity index (χ3n) is 4.25. The van der Waals surface area contributed by atoms with E-state index in [0.717, 1.165) is 11.1 Å². The molecule has 0 spiro atoms. The van der Waals surface area contributed by atoms with E-state index in [-0.39, 0.29) is 11.6 Å². The van der Waals surface area contributed by atoms with Gasteiger partial charge in [0.1, 0.15) is 11.5 Å². The Morgan fingerprint density at radius 2 is 1.81 bits per heavy atom. The zero-order valence-corrected chi connectivity index (χ0v) is 15.5. The molecule has 0 unspecified atom stereocenters. The Bertz CT molecular complexity index is 1140. The van der Waals surface area contributed by atoms with Crippen molar-refractivity contribution in [3.63, 3.8) is 0 Å². The van der Waals surface area contributed by atoms with Gasteiger partial charge in [-0.25, -0.2) is 9.37 Å². The molecule has 5 heteroatoms. The molecular weight excluding hydrogens is 395 g/mol. The third kappa shape index (κ3) is 2.95. The predicted octanol–water partition coefficient (Wildman–Crippen LogP) is 5.77. The molecule has 0 aliphatic heterocycles. The van der Waals surface area contributed by atoms with Gasteiger partial charge in [-0.3, -0.25) is 4.79 Å². The van der Waals surface area contributed by atoms with E-state index in [1.54, 1.807) is 28.9 Å². The molecule has 2 heterocycles. The number of pyridine rings is 1. The summed E-state index contributed by atoms with van der Waals surface area (Å²) in [5.41, 5.74) is 3.99. The van der Waals surface area contributed by atoms with Crippen LogP contribution < -0.4 is 0 Å². The molecule has 0 aliphatic rings. The van der Waals surface area contributed by atoms with Crippen molar-refractivity contribution in [2.45, 2.75) is 6.92 Å². The van der Waals surface area contributed by atoms with E-state index in [4.69, 9.17) is 0 Å². The number of Topliss-reactive ketones (excluding diaryl/α,β-unsaturated/α-hetero) is 1. The normalized spacial score (nSPS) is 11.0. The lowest BCUT2D eigenvalue weighted by molar-refractivity contribution is 0.101. The predicted molar refractivity (Wildman–Crippen MR) is 104 cm³/mol. The number of ketones is 1. The number of halogens is 2. The van der Waals surface area contributed by atoms with Crippen LogP contribution in [-0.2, 0) is 0 Å². The fourth-order valence-electron chi connectivity index (χ4n) is 2.95. The highest BCUT2D eigenvalue weighted by Crippen LogP contribution is 2.30. The Kier molecular flexibility index (Phi) is 4.17. The Morgan fingerprint density at radius 1 is 1.04 bits per heavy atom. The van der Waals surface area contributed by atoms with E-state index in [1.165, 1.54) is 13.0 Å². The fraction of sp³-hybridized carbons (Fsp3) is 0.0476. The van der Waals surface area contributed by atoms with Crippen LogP contribution in [-0.4, -0.2) is 15.2 Å². The number of aromatic nitrogens is 2. The van der Waals surface area contributed by atoms with E-state index >= 15 is 0 Å². The van der Waals surface area contributed by atoms with Crippen molar-refractivity contribution in [1.82, 2.24) is 9.38 Å². The Balaban J connectivity index is 1.99. The highest BCUT2D eigenvalue weighted by atomic mass is 79.9. The van der Waals surface area contributed by atoms with Gasteiger partial charge in [0.15, 0.2) is 5.78 Å². The van der Waals surface area contributed by atoms with E-state index in [2.05, 4.69) is 20.9 Å². The summed E-state index contributed by atoms with van der Waals surface area (Å²) in [6.07, 6.45) is 3.48. The summed E-state index contributed by atoms with van der Waals surface area (Å²) < 4.78 is 16.8. The highest BCUT2D eigenvalue weighted by molar-refractivity contribution is 9.10. The lowest BCUT2D eigenvalue weighted by Gasteiger charge is -2.06. The van der Waals surface area contributed by atoms with Crippen molar-refractivity contribution in [3.05, 3.63) is 82.8 Å². The maximum absolute atomic E-state index is 14.4. The quantitative estimate of drug-likeness (QED) is 0.403. The minimum atomic E-state index is -0.351. The van der Waals surface area contributed by atoms with Gasteiger partial charge in [-0.2, -0.15) is 0 Å². The molecule has 0 atom stereocenters. The van der Waals surface area contributed by atoms with Gasteiger partial charge >= 0.3 is 0 Å². The number of benzene rings is 2. The number of hydrogen-bond donors (Lipinski definition) is 0. The SMILES string of the molecule is CC(=O)c1cc(-c2ccccc2)c2nc(-c3ccc(Br)cc3F)cn2c1. The molecule has 128 valence electrons. The zero-order chi connectivity index (χ0) is 18.3. The standard InChI is InChI=1S/C21H14BrFN2O/c1-13(26)15-9-18(14-5-3-2-4-6-14)21-24-20(12-25(21)11-15)17-8-7-16(22)10-19(17)23/h2-12H,1H3. The van der Waals surface area contributed by atoms with Crippen LogP contribution in [0.25, 0.3) is 28.0 Å². The molecule has 0 saturated carbocycles. The van der Waals surface area contributed by atoms with Gasteiger partial charge in [-0.1, -0.05) is 46.3 Å². The summed E-state index contributed by atoms with van der Waals surface area (Å²) in [7, 11) is 0.